The van der Waals surface area contributed by atoms with Crippen LogP contribution in [-0.2, 0) is 0 Å². The van der Waals surface area contributed by atoms with Crippen molar-refractivity contribution < 1.29 is 9.90 Å². The van der Waals surface area contributed by atoms with Crippen molar-refractivity contribution in [1.29, 1.82) is 0 Å². The van der Waals surface area contributed by atoms with E-state index < -0.39 is 5.97 Å². The van der Waals surface area contributed by atoms with E-state index in [0.29, 0.717) is 11.6 Å². The Morgan fingerprint density at radius 3 is 2.79 bits per heavy atom. The van der Waals surface area contributed by atoms with Gasteiger partial charge in [-0.15, -0.1) is 0 Å². The van der Waals surface area contributed by atoms with Crippen LogP contribution in [0.4, 0.5) is 5.82 Å². The maximum absolute atomic E-state index is 11.1. The minimum Gasteiger partial charge on any atom is -0.478 e. The van der Waals surface area contributed by atoms with Crippen LogP contribution in [0.2, 0.25) is 0 Å². The van der Waals surface area contributed by atoms with Crippen molar-refractivity contribution in [2.24, 2.45) is 0 Å². The molecule has 0 bridgehead atoms. The van der Waals surface area contributed by atoms with Gasteiger partial charge in [-0.25, -0.2) is 9.78 Å². The molecule has 0 radical (unpaired) electrons. The summed E-state index contributed by atoms with van der Waals surface area (Å²) in [4.78, 5) is 15.4. The first-order valence-corrected chi connectivity index (χ1v) is 6.62. The van der Waals surface area contributed by atoms with E-state index in [1.54, 1.807) is 18.3 Å². The number of carboxylic acids is 1. The number of carbonyl (C=O) groups is 1. The fourth-order valence-corrected chi connectivity index (χ4v) is 2.68. The molecule has 0 unspecified atom stereocenters. The van der Waals surface area contributed by atoms with E-state index in [1.165, 1.54) is 12.8 Å². The number of fused-ring (bicyclic) bond motifs is 1. The van der Waals surface area contributed by atoms with E-state index in [-0.39, 0.29) is 0 Å². The van der Waals surface area contributed by atoms with Crippen molar-refractivity contribution in [3.8, 4) is 0 Å². The van der Waals surface area contributed by atoms with Gasteiger partial charge < -0.3 is 10.4 Å². The number of benzene rings is 1. The lowest BCUT2D eigenvalue weighted by Crippen LogP contribution is -2.15. The molecular weight excluding hydrogens is 240 g/mol. The Hall–Kier alpha value is -2.10. The van der Waals surface area contributed by atoms with Gasteiger partial charge in [-0.1, -0.05) is 18.9 Å². The first-order chi connectivity index (χ1) is 9.24. The number of hydrogen-bond donors (Lipinski definition) is 2. The van der Waals surface area contributed by atoms with Gasteiger partial charge in [0, 0.05) is 17.6 Å². The molecule has 1 aromatic heterocycles. The fourth-order valence-electron chi connectivity index (χ4n) is 2.68. The topological polar surface area (TPSA) is 62.2 Å². The standard InChI is InChI=1S/C15H16N2O2/c18-15(19)11-6-5-10-7-8-16-14(13(10)9-11)17-12-3-1-2-4-12/h5-9,12H,1-4H2,(H,16,17)(H,18,19). The zero-order chi connectivity index (χ0) is 13.2. The first-order valence-electron chi connectivity index (χ1n) is 6.62. The molecule has 1 aromatic carbocycles. The van der Waals surface area contributed by atoms with E-state index in [9.17, 15) is 4.79 Å². The van der Waals surface area contributed by atoms with Crippen molar-refractivity contribution in [2.45, 2.75) is 31.7 Å². The second kappa shape index (κ2) is 4.88. The SMILES string of the molecule is O=C(O)c1ccc2ccnc(NC3CCCC3)c2c1. The van der Waals surface area contributed by atoms with Crippen LogP contribution >= 0.6 is 0 Å². The summed E-state index contributed by atoms with van der Waals surface area (Å²) < 4.78 is 0. The maximum atomic E-state index is 11.1. The van der Waals surface area contributed by atoms with E-state index in [1.807, 2.05) is 12.1 Å². The molecule has 3 rings (SSSR count). The average Bonchev–Trinajstić information content (AvgIpc) is 2.91. The van der Waals surface area contributed by atoms with Crippen LogP contribution in [0, 0.1) is 0 Å². The Morgan fingerprint density at radius 2 is 2.05 bits per heavy atom. The number of nitrogens with one attached hydrogen (secondary N) is 1. The Bertz CT molecular complexity index is 619. The molecule has 19 heavy (non-hydrogen) atoms. The lowest BCUT2D eigenvalue weighted by atomic mass is 10.1. The summed E-state index contributed by atoms with van der Waals surface area (Å²) in [5.41, 5.74) is 0.301. The van der Waals surface area contributed by atoms with Crippen LogP contribution in [0.3, 0.4) is 0 Å². The average molecular weight is 256 g/mol. The summed E-state index contributed by atoms with van der Waals surface area (Å²) in [6, 6.07) is 7.53. The highest BCUT2D eigenvalue weighted by Crippen LogP contribution is 2.27. The van der Waals surface area contributed by atoms with E-state index in [2.05, 4.69) is 10.3 Å². The number of pyridine rings is 1. The second-order valence-corrected chi connectivity index (χ2v) is 5.03. The Morgan fingerprint density at radius 1 is 1.26 bits per heavy atom. The minimum atomic E-state index is -0.905. The van der Waals surface area contributed by atoms with E-state index in [0.717, 1.165) is 29.4 Å². The number of anilines is 1. The first kappa shape index (κ1) is 12.0. The van der Waals surface area contributed by atoms with Crippen LogP contribution in [0.1, 0.15) is 36.0 Å². The van der Waals surface area contributed by atoms with Gasteiger partial charge in [0.25, 0.3) is 0 Å². The molecule has 1 heterocycles. The predicted octanol–water partition coefficient (Wildman–Crippen LogP) is 3.29. The predicted molar refractivity (Wildman–Crippen MR) is 74.6 cm³/mol. The number of hydrogen-bond acceptors (Lipinski definition) is 3. The molecular formula is C15H16N2O2. The van der Waals surface area contributed by atoms with Crippen molar-refractivity contribution in [2.75, 3.05) is 5.32 Å². The summed E-state index contributed by atoms with van der Waals surface area (Å²) in [6.45, 7) is 0. The summed E-state index contributed by atoms with van der Waals surface area (Å²) in [6.07, 6.45) is 6.60. The Labute approximate surface area is 111 Å². The lowest BCUT2D eigenvalue weighted by molar-refractivity contribution is 0.0697. The van der Waals surface area contributed by atoms with E-state index in [4.69, 9.17) is 5.11 Å². The van der Waals surface area contributed by atoms with Crippen LogP contribution < -0.4 is 5.32 Å². The lowest BCUT2D eigenvalue weighted by Gasteiger charge is -2.14. The fraction of sp³-hybridized carbons (Fsp3) is 0.333. The molecule has 4 nitrogen and oxygen atoms in total. The molecule has 0 saturated heterocycles. The highest BCUT2D eigenvalue weighted by Gasteiger charge is 2.16. The zero-order valence-electron chi connectivity index (χ0n) is 10.6. The summed E-state index contributed by atoms with van der Waals surface area (Å²) in [5.74, 6) is -0.106. The Kier molecular flexibility index (Phi) is 3.07. The van der Waals surface area contributed by atoms with Crippen LogP contribution in [0.15, 0.2) is 30.5 Å². The largest absolute Gasteiger partial charge is 0.478 e. The van der Waals surface area contributed by atoms with Crippen LogP contribution in [0.25, 0.3) is 10.8 Å². The van der Waals surface area contributed by atoms with Gasteiger partial charge >= 0.3 is 5.97 Å². The van der Waals surface area contributed by atoms with Crippen LogP contribution in [0.5, 0.6) is 0 Å². The summed E-state index contributed by atoms with van der Waals surface area (Å²) in [7, 11) is 0. The molecule has 2 aromatic rings. The molecule has 2 N–H and O–H groups in total. The Balaban J connectivity index is 2.01. The monoisotopic (exact) mass is 256 g/mol. The molecule has 1 aliphatic carbocycles. The highest BCUT2D eigenvalue weighted by molar-refractivity contribution is 5.98. The molecule has 0 spiro atoms. The zero-order valence-corrected chi connectivity index (χ0v) is 10.6. The minimum absolute atomic E-state index is 0.301. The summed E-state index contributed by atoms with van der Waals surface area (Å²) >= 11 is 0. The molecule has 98 valence electrons. The maximum Gasteiger partial charge on any atom is 0.335 e. The third-order valence-electron chi connectivity index (χ3n) is 3.71. The normalized spacial score (nSPS) is 15.8. The van der Waals surface area contributed by atoms with Crippen molar-refractivity contribution in [3.63, 3.8) is 0 Å². The highest BCUT2D eigenvalue weighted by atomic mass is 16.4. The van der Waals surface area contributed by atoms with Crippen molar-refractivity contribution in [3.05, 3.63) is 36.0 Å². The van der Waals surface area contributed by atoms with E-state index >= 15 is 0 Å². The third-order valence-corrected chi connectivity index (χ3v) is 3.71. The van der Waals surface area contributed by atoms with Gasteiger partial charge in [-0.2, -0.15) is 0 Å². The smallest absolute Gasteiger partial charge is 0.335 e. The number of nitrogens with zero attached hydrogens (tertiary/aromatic N) is 1. The molecule has 0 aliphatic heterocycles. The molecule has 1 aliphatic rings. The number of aromatic nitrogens is 1. The molecule has 0 atom stereocenters. The third kappa shape index (κ3) is 2.38. The number of carboxylic acid groups (broad SMARTS) is 1. The van der Waals surface area contributed by atoms with Crippen molar-refractivity contribution in [1.82, 2.24) is 4.98 Å². The van der Waals surface area contributed by atoms with Crippen molar-refractivity contribution >= 4 is 22.6 Å². The van der Waals surface area contributed by atoms with Gasteiger partial charge in [-0.3, -0.25) is 0 Å². The van der Waals surface area contributed by atoms with Gasteiger partial charge in [0.2, 0.25) is 0 Å². The van der Waals surface area contributed by atoms with Crippen LogP contribution in [-0.4, -0.2) is 22.1 Å². The van der Waals surface area contributed by atoms with Gasteiger partial charge in [-0.05, 0) is 36.4 Å². The van der Waals surface area contributed by atoms with Gasteiger partial charge in [0.05, 0.1) is 5.56 Å². The molecule has 4 heteroatoms. The van der Waals surface area contributed by atoms with Gasteiger partial charge in [0.15, 0.2) is 0 Å². The molecule has 1 saturated carbocycles. The number of aromatic carboxylic acids is 1. The molecule has 0 amide bonds. The molecule has 1 fully saturated rings. The summed E-state index contributed by atoms with van der Waals surface area (Å²) in [5, 5.41) is 14.4. The quantitative estimate of drug-likeness (QED) is 0.884. The second-order valence-electron chi connectivity index (χ2n) is 5.03. The van der Waals surface area contributed by atoms with Gasteiger partial charge in [0.1, 0.15) is 5.82 Å². The number of rotatable bonds is 3.